The summed E-state index contributed by atoms with van der Waals surface area (Å²) in [7, 11) is 0. The Morgan fingerprint density at radius 3 is 1.98 bits per heavy atom. The Morgan fingerprint density at radius 1 is 0.800 bits per heavy atom. The van der Waals surface area contributed by atoms with E-state index in [1.165, 1.54) is 0 Å². The van der Waals surface area contributed by atoms with E-state index in [0.717, 1.165) is 51.0 Å². The fourth-order valence-corrected chi connectivity index (χ4v) is 4.07. The van der Waals surface area contributed by atoms with Crippen LogP contribution in [0.2, 0.25) is 0 Å². The largest absolute Gasteiger partial charge is 0.494 e. The number of ether oxygens (including phenoxy) is 5. The molecule has 8 nitrogen and oxygen atoms in total. The van der Waals surface area contributed by atoms with Crippen LogP contribution in [0.5, 0.6) is 17.2 Å². The van der Waals surface area contributed by atoms with Gasteiger partial charge < -0.3 is 23.7 Å². The first-order valence-corrected chi connectivity index (χ1v) is 13.8. The lowest BCUT2D eigenvalue weighted by molar-refractivity contribution is -0.139. The van der Waals surface area contributed by atoms with Crippen molar-refractivity contribution in [2.24, 2.45) is 0 Å². The maximum absolute atomic E-state index is 12.5. The quantitative estimate of drug-likeness (QED) is 0.0912. The van der Waals surface area contributed by atoms with E-state index in [0.29, 0.717) is 61.0 Å². The fourth-order valence-electron chi connectivity index (χ4n) is 4.07. The molecule has 0 aromatic heterocycles. The van der Waals surface area contributed by atoms with Crippen LogP contribution in [0.15, 0.2) is 73.3 Å². The lowest BCUT2D eigenvalue weighted by Crippen LogP contribution is -2.08. The molecular weight excluding hydrogens is 512 g/mol. The van der Waals surface area contributed by atoms with E-state index in [9.17, 15) is 14.4 Å². The highest BCUT2D eigenvalue weighted by atomic mass is 16.6. The van der Waals surface area contributed by atoms with Gasteiger partial charge >= 0.3 is 17.9 Å². The third kappa shape index (κ3) is 11.0. The topological polar surface area (TPSA) is 97.4 Å². The van der Waals surface area contributed by atoms with Crippen molar-refractivity contribution in [2.75, 3.05) is 19.8 Å². The first-order valence-electron chi connectivity index (χ1n) is 13.8. The normalized spacial score (nSPS) is 14.3. The highest BCUT2D eigenvalue weighted by molar-refractivity contribution is 5.91. The lowest BCUT2D eigenvalue weighted by Gasteiger charge is -2.09. The van der Waals surface area contributed by atoms with E-state index in [2.05, 4.69) is 13.2 Å². The number of carbonyl (C=O) groups is 3. The Morgan fingerprint density at radius 2 is 1.35 bits per heavy atom. The van der Waals surface area contributed by atoms with E-state index in [1.807, 2.05) is 0 Å². The summed E-state index contributed by atoms with van der Waals surface area (Å²) in [6, 6.07) is 13.7. The predicted octanol–water partition coefficient (Wildman–Crippen LogP) is 6.39. The molecule has 1 unspecified atom stereocenters. The Bertz CT molecular complexity index is 1100. The molecule has 40 heavy (non-hydrogen) atoms. The average molecular weight is 551 g/mol. The minimum Gasteiger partial charge on any atom is -0.494 e. The number of rotatable bonds is 18. The fraction of sp³-hybridized carbons (Fsp3) is 0.406. The maximum Gasteiger partial charge on any atom is 0.343 e. The SMILES string of the molecule is C=CC(=O)OCCCCOc1ccc(OC(=O)c2ccc(OCCCCCCCC3CC(=C)C(=O)O3)cc2)cc1. The number of carbonyl (C=O) groups excluding carboxylic acids is 3. The second-order valence-corrected chi connectivity index (χ2v) is 9.55. The summed E-state index contributed by atoms with van der Waals surface area (Å²) < 4.78 is 27.1. The van der Waals surface area contributed by atoms with E-state index in [4.69, 9.17) is 23.7 Å². The van der Waals surface area contributed by atoms with Crippen molar-refractivity contribution < 1.29 is 38.1 Å². The van der Waals surface area contributed by atoms with Gasteiger partial charge in [-0.25, -0.2) is 14.4 Å². The molecule has 0 spiro atoms. The van der Waals surface area contributed by atoms with Crippen LogP contribution in [-0.4, -0.2) is 43.8 Å². The van der Waals surface area contributed by atoms with E-state index >= 15 is 0 Å². The monoisotopic (exact) mass is 550 g/mol. The van der Waals surface area contributed by atoms with Gasteiger partial charge in [0.25, 0.3) is 0 Å². The van der Waals surface area contributed by atoms with Crippen LogP contribution in [0, 0.1) is 0 Å². The number of hydrogen-bond donors (Lipinski definition) is 0. The molecule has 0 bridgehead atoms. The summed E-state index contributed by atoms with van der Waals surface area (Å²) in [4.78, 5) is 34.8. The molecule has 2 aromatic carbocycles. The third-order valence-corrected chi connectivity index (χ3v) is 6.32. The van der Waals surface area contributed by atoms with Crippen molar-refractivity contribution in [1.82, 2.24) is 0 Å². The molecule has 2 aromatic rings. The average Bonchev–Trinajstić information content (AvgIpc) is 3.29. The number of cyclic esters (lactones) is 1. The maximum atomic E-state index is 12.5. The molecule has 0 radical (unpaired) electrons. The Hall–Kier alpha value is -4.07. The van der Waals surface area contributed by atoms with Crippen LogP contribution in [0.25, 0.3) is 0 Å². The molecule has 1 aliphatic rings. The molecule has 1 heterocycles. The molecule has 0 saturated carbocycles. The molecule has 0 aliphatic carbocycles. The number of esters is 3. The summed E-state index contributed by atoms with van der Waals surface area (Å²) in [5, 5.41) is 0. The standard InChI is InChI=1S/C32H38O8/c1-3-30(33)38-22-10-9-21-37-27-16-18-28(19-17-27)39-32(35)25-12-14-26(15-13-25)36-20-8-6-4-5-7-11-29-23-24(2)31(34)40-29/h3,12-19,29H,1-2,4-11,20-23H2. The van der Waals surface area contributed by atoms with Gasteiger partial charge in [0.1, 0.15) is 23.4 Å². The zero-order chi connectivity index (χ0) is 28.6. The van der Waals surface area contributed by atoms with Crippen LogP contribution in [0.1, 0.15) is 68.1 Å². The van der Waals surface area contributed by atoms with Crippen LogP contribution in [0.3, 0.4) is 0 Å². The van der Waals surface area contributed by atoms with Gasteiger partial charge in [0.2, 0.25) is 0 Å². The zero-order valence-corrected chi connectivity index (χ0v) is 22.9. The highest BCUT2D eigenvalue weighted by Crippen LogP contribution is 2.23. The molecule has 1 saturated heterocycles. The predicted molar refractivity (Wildman–Crippen MR) is 151 cm³/mol. The molecule has 1 fully saturated rings. The second-order valence-electron chi connectivity index (χ2n) is 9.55. The van der Waals surface area contributed by atoms with Crippen molar-refractivity contribution in [3.8, 4) is 17.2 Å². The van der Waals surface area contributed by atoms with Gasteiger partial charge in [0.15, 0.2) is 0 Å². The highest BCUT2D eigenvalue weighted by Gasteiger charge is 2.26. The molecule has 1 atom stereocenters. The van der Waals surface area contributed by atoms with Crippen molar-refractivity contribution >= 4 is 17.9 Å². The summed E-state index contributed by atoms with van der Waals surface area (Å²) in [6.07, 6.45) is 9.40. The smallest absolute Gasteiger partial charge is 0.343 e. The minimum absolute atomic E-state index is 0.00837. The third-order valence-electron chi connectivity index (χ3n) is 6.32. The van der Waals surface area contributed by atoms with Crippen LogP contribution in [0.4, 0.5) is 0 Å². The summed E-state index contributed by atoms with van der Waals surface area (Å²) in [5.41, 5.74) is 1.01. The van der Waals surface area contributed by atoms with Crippen molar-refractivity contribution in [1.29, 1.82) is 0 Å². The van der Waals surface area contributed by atoms with Gasteiger partial charge in [-0.3, -0.25) is 0 Å². The number of benzene rings is 2. The van der Waals surface area contributed by atoms with Gasteiger partial charge in [-0.15, -0.1) is 0 Å². The molecular formula is C32H38O8. The van der Waals surface area contributed by atoms with Gasteiger partial charge in [0, 0.05) is 18.1 Å². The number of hydrogen-bond acceptors (Lipinski definition) is 8. The lowest BCUT2D eigenvalue weighted by atomic mass is 10.1. The van der Waals surface area contributed by atoms with Gasteiger partial charge in [-0.05, 0) is 80.6 Å². The summed E-state index contributed by atoms with van der Waals surface area (Å²) in [6.45, 7) is 8.49. The first kappa shape index (κ1) is 30.5. The van der Waals surface area contributed by atoms with Crippen molar-refractivity contribution in [3.63, 3.8) is 0 Å². The van der Waals surface area contributed by atoms with Crippen molar-refractivity contribution in [3.05, 3.63) is 78.9 Å². The van der Waals surface area contributed by atoms with E-state index in [-0.39, 0.29) is 12.1 Å². The van der Waals surface area contributed by atoms with Gasteiger partial charge in [-0.1, -0.05) is 32.4 Å². The molecule has 0 N–H and O–H groups in total. The van der Waals surface area contributed by atoms with Crippen molar-refractivity contribution in [2.45, 2.75) is 63.9 Å². The molecule has 8 heteroatoms. The van der Waals surface area contributed by atoms with Gasteiger partial charge in [0.05, 0.1) is 25.4 Å². The van der Waals surface area contributed by atoms with Crippen LogP contribution >= 0.6 is 0 Å². The molecule has 0 amide bonds. The Kier molecular flexibility index (Phi) is 12.8. The Balaban J connectivity index is 1.25. The Labute approximate surface area is 235 Å². The molecule has 214 valence electrons. The zero-order valence-electron chi connectivity index (χ0n) is 22.9. The minimum atomic E-state index is -0.453. The first-order chi connectivity index (χ1) is 19.4. The second kappa shape index (κ2) is 16.8. The van der Waals surface area contributed by atoms with Crippen LogP contribution in [-0.2, 0) is 19.1 Å². The van der Waals surface area contributed by atoms with E-state index < -0.39 is 11.9 Å². The summed E-state index contributed by atoms with van der Waals surface area (Å²) in [5.74, 6) is 0.658. The van der Waals surface area contributed by atoms with Gasteiger partial charge in [-0.2, -0.15) is 0 Å². The van der Waals surface area contributed by atoms with Crippen LogP contribution < -0.4 is 14.2 Å². The molecule has 3 rings (SSSR count). The number of unbranched alkanes of at least 4 members (excludes halogenated alkanes) is 5. The summed E-state index contributed by atoms with van der Waals surface area (Å²) >= 11 is 0. The van der Waals surface area contributed by atoms with E-state index in [1.54, 1.807) is 48.5 Å². The molecule has 1 aliphatic heterocycles.